The molecule has 5 nitrogen and oxygen atoms in total. The first-order valence-electron chi connectivity index (χ1n) is 8.16. The lowest BCUT2D eigenvalue weighted by molar-refractivity contribution is -0.878. The molecule has 1 aromatic rings. The number of benzene rings is 1. The van der Waals surface area contributed by atoms with E-state index in [2.05, 4.69) is 22.0 Å². The Bertz CT molecular complexity index is 919. The largest absolute Gasteiger partial charge is 0.334 e. The molecule has 1 aromatic carbocycles. The fourth-order valence-corrected chi connectivity index (χ4v) is 4.53. The summed E-state index contributed by atoms with van der Waals surface area (Å²) in [6, 6.07) is 10.6. The molecule has 0 amide bonds. The van der Waals surface area contributed by atoms with E-state index in [1.807, 2.05) is 25.3 Å². The molecule has 1 fully saturated rings. The normalized spacial score (nSPS) is 29.5. The molecule has 1 heterocycles. The Balaban J connectivity index is 2.28. The van der Waals surface area contributed by atoms with Gasteiger partial charge in [-0.15, -0.1) is 0 Å². The van der Waals surface area contributed by atoms with Gasteiger partial charge in [0, 0.05) is 11.8 Å². The van der Waals surface area contributed by atoms with Crippen LogP contribution in [0.2, 0.25) is 0 Å². The second-order valence-electron chi connectivity index (χ2n) is 6.83. The van der Waals surface area contributed by atoms with Crippen LogP contribution < -0.4 is 4.90 Å². The van der Waals surface area contributed by atoms with Crippen molar-refractivity contribution in [3.63, 3.8) is 0 Å². The van der Waals surface area contributed by atoms with Crippen LogP contribution in [-0.4, -0.2) is 25.8 Å². The molecular weight excluding hydrogens is 397 g/mol. The molecule has 1 aliphatic carbocycles. The van der Waals surface area contributed by atoms with Gasteiger partial charge in [0.05, 0.1) is 48.5 Å². The number of nitrogens with one attached hydrogen (secondary N) is 2. The number of quaternary nitrogens is 1. The third kappa shape index (κ3) is 2.54. The van der Waals surface area contributed by atoms with Gasteiger partial charge in [0.1, 0.15) is 11.7 Å². The van der Waals surface area contributed by atoms with Gasteiger partial charge in [-0.25, -0.2) is 4.39 Å². The van der Waals surface area contributed by atoms with Crippen LogP contribution >= 0.6 is 15.9 Å². The summed E-state index contributed by atoms with van der Waals surface area (Å²) < 4.78 is 14.0. The van der Waals surface area contributed by atoms with E-state index in [1.54, 1.807) is 12.1 Å². The van der Waals surface area contributed by atoms with E-state index in [9.17, 15) is 20.2 Å². The average molecular weight is 413 g/mol. The van der Waals surface area contributed by atoms with Crippen molar-refractivity contribution in [3.05, 3.63) is 45.7 Å². The molecule has 3 rings (SSSR count). The molecule has 2 unspecified atom stereocenters. The van der Waals surface area contributed by atoms with Crippen LogP contribution in [0.1, 0.15) is 11.5 Å². The third-order valence-corrected chi connectivity index (χ3v) is 5.99. The van der Waals surface area contributed by atoms with E-state index in [-0.39, 0.29) is 16.1 Å². The Morgan fingerprint density at radius 1 is 1.31 bits per heavy atom. The Morgan fingerprint density at radius 3 is 2.58 bits per heavy atom. The van der Waals surface area contributed by atoms with Gasteiger partial charge in [-0.1, -0.05) is 6.07 Å². The standard InChI is InChI=1S/C19H15BrFN5/c1-26-5-4-12-13(7-22)18(25)19(9-23,10-24)17(14(12)8-26)11-2-3-16(21)15(20)6-11/h2-4,6,13-14,17,25H,5,8H2,1H3/p+1/t13?,14-,17+/m1/s1. The number of hydrogen-bond acceptors (Lipinski definition) is 4. The minimum absolute atomic E-state index is 0.183. The zero-order valence-electron chi connectivity index (χ0n) is 14.1. The molecule has 0 saturated heterocycles. The second kappa shape index (κ2) is 6.65. The van der Waals surface area contributed by atoms with Crippen molar-refractivity contribution >= 4 is 21.6 Å². The Labute approximate surface area is 159 Å². The molecule has 1 saturated carbocycles. The van der Waals surface area contributed by atoms with Crippen LogP contribution in [0.25, 0.3) is 0 Å². The highest BCUT2D eigenvalue weighted by molar-refractivity contribution is 9.10. The first kappa shape index (κ1) is 18.3. The van der Waals surface area contributed by atoms with E-state index < -0.39 is 23.1 Å². The van der Waals surface area contributed by atoms with E-state index in [4.69, 9.17) is 5.41 Å². The molecule has 0 radical (unpaired) electrons. The molecule has 2 N–H and O–H groups in total. The van der Waals surface area contributed by atoms with Gasteiger partial charge in [-0.2, -0.15) is 15.8 Å². The van der Waals surface area contributed by atoms with Gasteiger partial charge in [0.2, 0.25) is 0 Å². The van der Waals surface area contributed by atoms with Gasteiger partial charge >= 0.3 is 0 Å². The molecule has 7 heteroatoms. The van der Waals surface area contributed by atoms with Crippen molar-refractivity contribution in [3.8, 4) is 18.2 Å². The summed E-state index contributed by atoms with van der Waals surface area (Å²) in [6.45, 7) is 1.37. The van der Waals surface area contributed by atoms with Crippen LogP contribution in [0.4, 0.5) is 4.39 Å². The highest BCUT2D eigenvalue weighted by Gasteiger charge is 2.58. The maximum atomic E-state index is 13.7. The zero-order valence-corrected chi connectivity index (χ0v) is 15.6. The number of fused-ring (bicyclic) bond motifs is 1. The molecule has 0 bridgehead atoms. The van der Waals surface area contributed by atoms with E-state index in [0.29, 0.717) is 12.1 Å². The summed E-state index contributed by atoms with van der Waals surface area (Å²) in [5.74, 6) is -2.17. The fourth-order valence-electron chi connectivity index (χ4n) is 4.14. The van der Waals surface area contributed by atoms with Crippen molar-refractivity contribution in [2.24, 2.45) is 17.3 Å². The van der Waals surface area contributed by atoms with Crippen LogP contribution in [0.15, 0.2) is 34.3 Å². The van der Waals surface area contributed by atoms with E-state index >= 15 is 0 Å². The van der Waals surface area contributed by atoms with Crippen molar-refractivity contribution in [1.29, 1.82) is 21.2 Å². The first-order chi connectivity index (χ1) is 12.4. The molecule has 4 atom stereocenters. The van der Waals surface area contributed by atoms with Crippen molar-refractivity contribution in [2.45, 2.75) is 5.92 Å². The van der Waals surface area contributed by atoms with Crippen LogP contribution in [0.5, 0.6) is 0 Å². The van der Waals surface area contributed by atoms with Crippen LogP contribution in [0, 0.1) is 62.5 Å². The number of nitriles is 3. The molecule has 1 aliphatic heterocycles. The monoisotopic (exact) mass is 412 g/mol. The van der Waals surface area contributed by atoms with Crippen molar-refractivity contribution < 1.29 is 9.29 Å². The SMILES string of the molecule is C[NH+]1CC=C2C(C#N)C(=N)C(C#N)(C#N)[C@@H](c3ccc(F)c(Br)c3)[C@@H]2C1. The number of rotatable bonds is 1. The molecule has 0 aromatic heterocycles. The molecule has 130 valence electrons. The van der Waals surface area contributed by atoms with Gasteiger partial charge in [-0.05, 0) is 45.3 Å². The summed E-state index contributed by atoms with van der Waals surface area (Å²) in [5.41, 5.74) is -0.516. The number of likely N-dealkylation sites (N-methyl/N-ethyl adjacent to an activating group) is 1. The second-order valence-corrected chi connectivity index (χ2v) is 7.69. The summed E-state index contributed by atoms with van der Waals surface area (Å²) in [7, 11) is 2.01. The fraction of sp³-hybridized carbons (Fsp3) is 0.368. The lowest BCUT2D eigenvalue weighted by atomic mass is 9.54. The number of hydrogen-bond donors (Lipinski definition) is 2. The predicted molar refractivity (Wildman–Crippen MR) is 95.5 cm³/mol. The Morgan fingerprint density at radius 2 is 2.00 bits per heavy atom. The minimum Gasteiger partial charge on any atom is -0.334 e. The summed E-state index contributed by atoms with van der Waals surface area (Å²) in [4.78, 5) is 1.19. The molecular formula is C19H16BrFN5+. The molecule has 26 heavy (non-hydrogen) atoms. The highest BCUT2D eigenvalue weighted by Crippen LogP contribution is 2.52. The van der Waals surface area contributed by atoms with Crippen LogP contribution in [0.3, 0.4) is 0 Å². The topological polar surface area (TPSA) is 99.7 Å². The summed E-state index contributed by atoms with van der Waals surface area (Å²) >= 11 is 3.17. The van der Waals surface area contributed by atoms with Gasteiger partial charge < -0.3 is 10.3 Å². The van der Waals surface area contributed by atoms with Crippen LogP contribution in [-0.2, 0) is 0 Å². The quantitative estimate of drug-likeness (QED) is 0.689. The third-order valence-electron chi connectivity index (χ3n) is 5.38. The van der Waals surface area contributed by atoms with Gasteiger partial charge in [0.25, 0.3) is 0 Å². The smallest absolute Gasteiger partial charge is 0.189 e. The van der Waals surface area contributed by atoms with Crippen molar-refractivity contribution in [2.75, 3.05) is 20.1 Å². The maximum Gasteiger partial charge on any atom is 0.189 e. The highest BCUT2D eigenvalue weighted by atomic mass is 79.9. The minimum atomic E-state index is -1.75. The Hall–Kier alpha value is -2.53. The average Bonchev–Trinajstić information content (AvgIpc) is 2.63. The predicted octanol–water partition coefficient (Wildman–Crippen LogP) is 1.95. The summed E-state index contributed by atoms with van der Waals surface area (Å²) in [6.07, 6.45) is 1.95. The number of nitrogens with zero attached hydrogens (tertiary/aromatic N) is 3. The molecule has 0 spiro atoms. The lowest BCUT2D eigenvalue weighted by Crippen LogP contribution is -3.10. The van der Waals surface area contributed by atoms with Gasteiger partial charge in [0.15, 0.2) is 5.41 Å². The first-order valence-corrected chi connectivity index (χ1v) is 8.96. The van der Waals surface area contributed by atoms with Gasteiger partial charge in [-0.3, -0.25) is 0 Å². The van der Waals surface area contributed by atoms with E-state index in [1.165, 1.54) is 11.0 Å². The maximum absolute atomic E-state index is 13.7. The zero-order chi connectivity index (χ0) is 19.1. The van der Waals surface area contributed by atoms with E-state index in [0.717, 1.165) is 12.1 Å². The molecule has 2 aliphatic rings. The Kier molecular flexibility index (Phi) is 4.67. The summed E-state index contributed by atoms with van der Waals surface area (Å²) in [5, 5.41) is 37.9. The lowest BCUT2D eigenvalue weighted by Gasteiger charge is -2.46. The number of halogens is 2. The van der Waals surface area contributed by atoms with Crippen molar-refractivity contribution in [1.82, 2.24) is 0 Å².